The fourth-order valence-electron chi connectivity index (χ4n) is 3.31. The van der Waals surface area contributed by atoms with E-state index in [9.17, 15) is 9.59 Å². The highest BCUT2D eigenvalue weighted by Gasteiger charge is 2.25. The third-order valence-corrected chi connectivity index (χ3v) is 5.07. The van der Waals surface area contributed by atoms with Crippen LogP contribution in [0.3, 0.4) is 0 Å². The van der Waals surface area contributed by atoms with Crippen LogP contribution >= 0.6 is 11.6 Å². The van der Waals surface area contributed by atoms with Crippen LogP contribution in [-0.4, -0.2) is 37.3 Å². The van der Waals surface area contributed by atoms with E-state index in [2.05, 4.69) is 10.3 Å². The third-order valence-electron chi connectivity index (χ3n) is 4.79. The van der Waals surface area contributed by atoms with Gasteiger partial charge in [-0.3, -0.25) is 9.59 Å². The molecular weight excluding hydrogens is 384 g/mol. The number of aromatic nitrogens is 1. The Morgan fingerprint density at radius 2 is 1.86 bits per heavy atom. The maximum absolute atomic E-state index is 12.3. The maximum Gasteiger partial charge on any atom is 0.266 e. The van der Waals surface area contributed by atoms with Gasteiger partial charge >= 0.3 is 0 Å². The highest BCUT2D eigenvalue weighted by molar-refractivity contribution is 6.30. The van der Waals surface area contributed by atoms with Crippen molar-refractivity contribution in [2.24, 2.45) is 0 Å². The smallest absolute Gasteiger partial charge is 0.266 e. The van der Waals surface area contributed by atoms with E-state index < -0.39 is 5.56 Å². The summed E-state index contributed by atoms with van der Waals surface area (Å²) in [6.07, 6.45) is 4.60. The standard InChI is InChI=1S/C20H23ClN2O5/c1-26-16-4-3-5-17(18(16)27-2)28-14-8-6-13(7-9-14)23-19(24)12-10-15(21)20(25)22-11-12/h3-5,10-11,13-14H,6-9H2,1-2H3,(H,22,25)(H,23,24). The molecule has 0 bridgehead atoms. The maximum atomic E-state index is 12.3. The summed E-state index contributed by atoms with van der Waals surface area (Å²) in [5.41, 5.74) is -0.0760. The average molecular weight is 407 g/mol. The first-order valence-electron chi connectivity index (χ1n) is 9.08. The summed E-state index contributed by atoms with van der Waals surface area (Å²) in [6, 6.07) is 6.96. The molecule has 1 fully saturated rings. The second-order valence-electron chi connectivity index (χ2n) is 6.62. The number of benzene rings is 1. The molecule has 28 heavy (non-hydrogen) atoms. The second-order valence-corrected chi connectivity index (χ2v) is 7.03. The van der Waals surface area contributed by atoms with Gasteiger partial charge in [-0.05, 0) is 43.9 Å². The predicted molar refractivity (Wildman–Crippen MR) is 106 cm³/mol. The largest absolute Gasteiger partial charge is 0.493 e. The molecule has 1 amide bonds. The van der Waals surface area contributed by atoms with Gasteiger partial charge in [0, 0.05) is 12.2 Å². The number of amides is 1. The number of methoxy groups -OCH3 is 2. The van der Waals surface area contributed by atoms with Crippen LogP contribution in [0.4, 0.5) is 0 Å². The number of para-hydroxylation sites is 1. The molecule has 0 unspecified atom stereocenters. The van der Waals surface area contributed by atoms with Gasteiger partial charge in [-0.2, -0.15) is 0 Å². The lowest BCUT2D eigenvalue weighted by Crippen LogP contribution is -2.39. The highest BCUT2D eigenvalue weighted by atomic mass is 35.5. The van der Waals surface area contributed by atoms with E-state index in [1.165, 1.54) is 12.3 Å². The van der Waals surface area contributed by atoms with E-state index in [1.807, 2.05) is 18.2 Å². The first kappa shape index (κ1) is 20.1. The van der Waals surface area contributed by atoms with Gasteiger partial charge < -0.3 is 24.5 Å². The molecule has 8 heteroatoms. The molecular formula is C20H23ClN2O5. The Balaban J connectivity index is 1.55. The minimum Gasteiger partial charge on any atom is -0.493 e. The number of pyridine rings is 1. The van der Waals surface area contributed by atoms with Crippen molar-refractivity contribution in [3.8, 4) is 17.2 Å². The lowest BCUT2D eigenvalue weighted by atomic mass is 9.92. The predicted octanol–water partition coefficient (Wildman–Crippen LogP) is 3.17. The molecule has 1 aromatic heterocycles. The van der Waals surface area contributed by atoms with Gasteiger partial charge in [-0.15, -0.1) is 0 Å². The van der Waals surface area contributed by atoms with Crippen LogP contribution < -0.4 is 25.1 Å². The summed E-state index contributed by atoms with van der Waals surface area (Å²) in [5, 5.41) is 2.98. The zero-order valence-electron chi connectivity index (χ0n) is 15.8. The van der Waals surface area contributed by atoms with Gasteiger partial charge in [-0.1, -0.05) is 17.7 Å². The molecule has 2 aromatic rings. The Morgan fingerprint density at radius 3 is 2.50 bits per heavy atom. The Labute approximate surface area is 168 Å². The fraction of sp³-hybridized carbons (Fsp3) is 0.400. The van der Waals surface area contributed by atoms with Crippen LogP contribution in [0.1, 0.15) is 36.0 Å². The molecule has 0 saturated heterocycles. The van der Waals surface area contributed by atoms with Crippen LogP contribution in [0.2, 0.25) is 5.02 Å². The average Bonchev–Trinajstić information content (AvgIpc) is 2.71. The van der Waals surface area contributed by atoms with Crippen molar-refractivity contribution < 1.29 is 19.0 Å². The first-order valence-corrected chi connectivity index (χ1v) is 9.46. The van der Waals surface area contributed by atoms with E-state index in [1.54, 1.807) is 14.2 Å². The van der Waals surface area contributed by atoms with Gasteiger partial charge in [0.25, 0.3) is 11.5 Å². The van der Waals surface area contributed by atoms with Crippen molar-refractivity contribution in [2.45, 2.75) is 37.8 Å². The molecule has 1 aliphatic rings. The van der Waals surface area contributed by atoms with E-state index in [0.29, 0.717) is 22.8 Å². The summed E-state index contributed by atoms with van der Waals surface area (Å²) >= 11 is 5.78. The molecule has 1 aliphatic carbocycles. The van der Waals surface area contributed by atoms with Crippen molar-refractivity contribution in [2.75, 3.05) is 14.2 Å². The lowest BCUT2D eigenvalue weighted by Gasteiger charge is -2.30. The lowest BCUT2D eigenvalue weighted by molar-refractivity contribution is 0.0891. The molecule has 7 nitrogen and oxygen atoms in total. The van der Waals surface area contributed by atoms with Crippen LogP contribution in [0.15, 0.2) is 35.3 Å². The van der Waals surface area contributed by atoms with Crippen molar-refractivity contribution in [1.29, 1.82) is 0 Å². The van der Waals surface area contributed by atoms with E-state index >= 15 is 0 Å². The SMILES string of the molecule is COc1cccc(OC2CCC(NC(=O)c3c[nH]c(=O)c(Cl)c3)CC2)c1OC. The number of rotatable bonds is 6. The number of ether oxygens (including phenoxy) is 3. The molecule has 2 N–H and O–H groups in total. The van der Waals surface area contributed by atoms with Gasteiger partial charge in [0.15, 0.2) is 11.5 Å². The summed E-state index contributed by atoms with van der Waals surface area (Å²) in [7, 11) is 3.17. The zero-order valence-corrected chi connectivity index (χ0v) is 16.5. The molecule has 3 rings (SSSR count). The number of halogens is 1. The topological polar surface area (TPSA) is 89.7 Å². The summed E-state index contributed by atoms with van der Waals surface area (Å²) < 4.78 is 16.8. The van der Waals surface area contributed by atoms with E-state index in [0.717, 1.165) is 25.7 Å². The van der Waals surface area contributed by atoms with E-state index in [4.69, 9.17) is 25.8 Å². The Morgan fingerprint density at radius 1 is 1.14 bits per heavy atom. The van der Waals surface area contributed by atoms with Crippen LogP contribution in [0, 0.1) is 0 Å². The summed E-state index contributed by atoms with van der Waals surface area (Å²) in [4.78, 5) is 26.1. The molecule has 150 valence electrons. The van der Waals surface area contributed by atoms with Gasteiger partial charge in [-0.25, -0.2) is 0 Å². The van der Waals surface area contributed by atoms with Crippen molar-refractivity contribution in [3.05, 3.63) is 51.4 Å². The molecule has 1 saturated carbocycles. The molecule has 0 spiro atoms. The molecule has 0 radical (unpaired) electrons. The van der Waals surface area contributed by atoms with Gasteiger partial charge in [0.1, 0.15) is 5.02 Å². The van der Waals surface area contributed by atoms with Crippen molar-refractivity contribution in [3.63, 3.8) is 0 Å². The molecule has 1 aromatic carbocycles. The molecule has 1 heterocycles. The molecule has 0 atom stereocenters. The quantitative estimate of drug-likeness (QED) is 0.769. The minimum absolute atomic E-state index is 0.00278. The number of carbonyl (C=O) groups is 1. The minimum atomic E-state index is -0.413. The Hall–Kier alpha value is -2.67. The monoisotopic (exact) mass is 406 g/mol. The molecule has 0 aliphatic heterocycles. The van der Waals surface area contributed by atoms with Crippen LogP contribution in [0.25, 0.3) is 0 Å². The third kappa shape index (κ3) is 4.59. The number of hydrogen-bond acceptors (Lipinski definition) is 5. The summed E-state index contributed by atoms with van der Waals surface area (Å²) in [5.74, 6) is 1.60. The number of nitrogens with one attached hydrogen (secondary N) is 2. The van der Waals surface area contributed by atoms with Gasteiger partial charge in [0.2, 0.25) is 5.75 Å². The van der Waals surface area contributed by atoms with E-state index in [-0.39, 0.29) is 23.1 Å². The normalized spacial score (nSPS) is 19.0. The fourth-order valence-corrected chi connectivity index (χ4v) is 3.48. The Kier molecular flexibility index (Phi) is 6.46. The zero-order chi connectivity index (χ0) is 20.1. The number of hydrogen-bond donors (Lipinski definition) is 2. The number of H-pyrrole nitrogens is 1. The van der Waals surface area contributed by atoms with Crippen LogP contribution in [0.5, 0.6) is 17.2 Å². The highest BCUT2D eigenvalue weighted by Crippen LogP contribution is 2.38. The van der Waals surface area contributed by atoms with Crippen molar-refractivity contribution >= 4 is 17.5 Å². The Bertz CT molecular complexity index is 890. The number of aromatic amines is 1. The number of carbonyl (C=O) groups excluding carboxylic acids is 1. The first-order chi connectivity index (χ1) is 13.5. The van der Waals surface area contributed by atoms with Gasteiger partial charge in [0.05, 0.1) is 25.9 Å². The summed E-state index contributed by atoms with van der Waals surface area (Å²) in [6.45, 7) is 0. The van der Waals surface area contributed by atoms with Crippen molar-refractivity contribution in [1.82, 2.24) is 10.3 Å². The van der Waals surface area contributed by atoms with Crippen LogP contribution in [-0.2, 0) is 0 Å². The second kappa shape index (κ2) is 9.01.